The molecule has 0 heterocycles. The van der Waals surface area contributed by atoms with E-state index >= 15 is 0 Å². The minimum Gasteiger partial charge on any atom is -0.493 e. The minimum atomic E-state index is -0.925. The van der Waals surface area contributed by atoms with Gasteiger partial charge in [-0.3, -0.25) is 4.79 Å². The number of ether oxygens (including phenoxy) is 2. The smallest absolute Gasteiger partial charge is 0.329 e. The van der Waals surface area contributed by atoms with Gasteiger partial charge in [-0.25, -0.2) is 9.59 Å². The number of carbonyl (C=O) groups excluding carboxylic acids is 3. The highest BCUT2D eigenvalue weighted by atomic mass is 16.5. The van der Waals surface area contributed by atoms with E-state index in [0.29, 0.717) is 23.5 Å². The third-order valence-corrected chi connectivity index (χ3v) is 4.02. The van der Waals surface area contributed by atoms with Crippen molar-refractivity contribution in [2.75, 3.05) is 6.61 Å². The van der Waals surface area contributed by atoms with Crippen molar-refractivity contribution in [2.45, 2.75) is 32.9 Å². The van der Waals surface area contributed by atoms with Crippen LogP contribution in [0.15, 0.2) is 48.5 Å². The topological polar surface area (TPSA) is 108 Å². The summed E-state index contributed by atoms with van der Waals surface area (Å²) >= 11 is 0. The van der Waals surface area contributed by atoms with Crippen molar-refractivity contribution in [2.24, 2.45) is 5.73 Å². The third-order valence-electron chi connectivity index (χ3n) is 4.02. The number of nitrogens with one attached hydrogen (secondary N) is 1. The Labute approximate surface area is 163 Å². The van der Waals surface area contributed by atoms with Gasteiger partial charge in [-0.2, -0.15) is 0 Å². The molecule has 2 aromatic carbocycles. The molecular formula is C21H24N2O5. The van der Waals surface area contributed by atoms with Gasteiger partial charge < -0.3 is 20.5 Å². The largest absolute Gasteiger partial charge is 0.493 e. The Kier molecular flexibility index (Phi) is 7.56. The Morgan fingerprint density at radius 1 is 1.11 bits per heavy atom. The molecule has 148 valence electrons. The third kappa shape index (κ3) is 6.12. The lowest BCUT2D eigenvalue weighted by Gasteiger charge is -2.18. The predicted octanol–water partition coefficient (Wildman–Crippen LogP) is 2.61. The number of ketones is 1. The fraction of sp³-hybridized carbons (Fsp3) is 0.286. The average Bonchev–Trinajstić information content (AvgIpc) is 2.67. The first-order valence-corrected chi connectivity index (χ1v) is 8.94. The maximum atomic E-state index is 12.5. The van der Waals surface area contributed by atoms with Crippen molar-refractivity contribution >= 4 is 17.8 Å². The lowest BCUT2D eigenvalue weighted by molar-refractivity contribution is -0.147. The van der Waals surface area contributed by atoms with E-state index in [1.54, 1.807) is 18.2 Å². The van der Waals surface area contributed by atoms with E-state index in [9.17, 15) is 14.4 Å². The second-order valence-corrected chi connectivity index (χ2v) is 6.17. The van der Waals surface area contributed by atoms with Crippen LogP contribution in [-0.4, -0.2) is 30.4 Å². The van der Waals surface area contributed by atoms with Crippen molar-refractivity contribution in [1.29, 1.82) is 0 Å². The fourth-order valence-corrected chi connectivity index (χ4v) is 2.67. The van der Waals surface area contributed by atoms with Crippen LogP contribution in [0, 0.1) is 0 Å². The molecule has 3 N–H and O–H groups in total. The van der Waals surface area contributed by atoms with E-state index in [1.807, 2.05) is 37.3 Å². The maximum absolute atomic E-state index is 12.5. The molecule has 2 rings (SSSR count). The van der Waals surface area contributed by atoms with Crippen LogP contribution >= 0.6 is 0 Å². The number of amides is 2. The van der Waals surface area contributed by atoms with E-state index in [0.717, 1.165) is 5.56 Å². The molecule has 7 nitrogen and oxygen atoms in total. The van der Waals surface area contributed by atoms with Gasteiger partial charge in [0, 0.05) is 17.5 Å². The van der Waals surface area contributed by atoms with Gasteiger partial charge in [0.05, 0.1) is 6.61 Å². The molecule has 2 aromatic rings. The zero-order valence-corrected chi connectivity index (χ0v) is 15.9. The zero-order valence-electron chi connectivity index (χ0n) is 15.9. The van der Waals surface area contributed by atoms with Crippen molar-refractivity contribution in [3.8, 4) is 5.75 Å². The molecular weight excluding hydrogens is 360 g/mol. The van der Waals surface area contributed by atoms with Crippen LogP contribution in [0.2, 0.25) is 0 Å². The van der Waals surface area contributed by atoms with Crippen LogP contribution in [0.1, 0.15) is 35.3 Å². The molecule has 0 aliphatic heterocycles. The second kappa shape index (κ2) is 10.1. The van der Waals surface area contributed by atoms with Crippen molar-refractivity contribution in [1.82, 2.24) is 5.32 Å². The molecule has 0 unspecified atom stereocenters. The maximum Gasteiger partial charge on any atom is 0.329 e. The van der Waals surface area contributed by atoms with Crippen molar-refractivity contribution in [3.63, 3.8) is 0 Å². The zero-order chi connectivity index (χ0) is 20.5. The molecule has 0 aliphatic rings. The number of Topliss-reactive ketones (excluding diaryl/α,β-unsaturated/α-hetero) is 1. The Bertz CT molecular complexity index is 836. The van der Waals surface area contributed by atoms with Gasteiger partial charge in [0.25, 0.3) is 0 Å². The fourth-order valence-electron chi connectivity index (χ4n) is 2.67. The summed E-state index contributed by atoms with van der Waals surface area (Å²) in [7, 11) is 0. The van der Waals surface area contributed by atoms with Gasteiger partial charge in [0.15, 0.2) is 5.78 Å². The standard InChI is InChI=1S/C21H24N2O5/c1-3-27-19-10-9-16(14(2)24)12-17(19)13-28-20(25)18(23-21(22)26)11-15-7-5-4-6-8-15/h4-10,12,18H,3,11,13H2,1-2H3,(H3,22,23,26)/t18-/m0/s1. The second-order valence-electron chi connectivity index (χ2n) is 6.17. The molecule has 0 radical (unpaired) electrons. The van der Waals surface area contributed by atoms with Crippen molar-refractivity contribution < 1.29 is 23.9 Å². The van der Waals surface area contributed by atoms with Gasteiger partial charge in [-0.15, -0.1) is 0 Å². The number of hydrogen-bond acceptors (Lipinski definition) is 5. The molecule has 0 bridgehead atoms. The van der Waals surface area contributed by atoms with Gasteiger partial charge in [-0.05, 0) is 37.6 Å². The molecule has 2 amide bonds. The Balaban J connectivity index is 2.13. The summed E-state index contributed by atoms with van der Waals surface area (Å²) in [5.41, 5.74) is 7.11. The summed E-state index contributed by atoms with van der Waals surface area (Å²) in [6, 6.07) is 12.4. The normalized spacial score (nSPS) is 11.4. The molecule has 0 aliphatic carbocycles. The number of rotatable bonds is 9. The van der Waals surface area contributed by atoms with E-state index in [-0.39, 0.29) is 18.8 Å². The summed E-state index contributed by atoms with van der Waals surface area (Å²) in [5, 5.41) is 2.41. The van der Waals surface area contributed by atoms with Gasteiger partial charge >= 0.3 is 12.0 Å². The minimum absolute atomic E-state index is 0.0962. The number of nitrogens with two attached hydrogens (primary N) is 1. The highest BCUT2D eigenvalue weighted by molar-refractivity contribution is 5.94. The van der Waals surface area contributed by atoms with E-state index < -0.39 is 18.0 Å². The summed E-state index contributed by atoms with van der Waals surface area (Å²) in [5.74, 6) is -0.200. The highest BCUT2D eigenvalue weighted by Crippen LogP contribution is 2.22. The van der Waals surface area contributed by atoms with Crippen LogP contribution in [0.4, 0.5) is 4.79 Å². The lowest BCUT2D eigenvalue weighted by Crippen LogP contribution is -2.45. The first-order valence-electron chi connectivity index (χ1n) is 8.94. The summed E-state index contributed by atoms with van der Waals surface area (Å²) in [6.07, 6.45) is 0.244. The predicted molar refractivity (Wildman–Crippen MR) is 104 cm³/mol. The molecule has 28 heavy (non-hydrogen) atoms. The van der Waals surface area contributed by atoms with Crippen LogP contribution in [-0.2, 0) is 22.6 Å². The van der Waals surface area contributed by atoms with Crippen LogP contribution in [0.3, 0.4) is 0 Å². The lowest BCUT2D eigenvalue weighted by atomic mass is 10.1. The highest BCUT2D eigenvalue weighted by Gasteiger charge is 2.22. The monoisotopic (exact) mass is 384 g/mol. The number of hydrogen-bond donors (Lipinski definition) is 2. The summed E-state index contributed by atoms with van der Waals surface area (Å²) < 4.78 is 10.9. The van der Waals surface area contributed by atoms with Crippen molar-refractivity contribution in [3.05, 3.63) is 65.2 Å². The molecule has 0 fully saturated rings. The number of primary amides is 1. The summed E-state index contributed by atoms with van der Waals surface area (Å²) in [4.78, 5) is 35.5. The first-order chi connectivity index (χ1) is 13.4. The molecule has 0 saturated carbocycles. The molecule has 7 heteroatoms. The number of urea groups is 1. The van der Waals surface area contributed by atoms with Crippen LogP contribution in [0.25, 0.3) is 0 Å². The quantitative estimate of drug-likeness (QED) is 0.510. The molecule has 1 atom stereocenters. The van der Waals surface area contributed by atoms with Gasteiger partial charge in [-0.1, -0.05) is 30.3 Å². The number of carbonyl (C=O) groups is 3. The van der Waals surface area contributed by atoms with Gasteiger partial charge in [0.2, 0.25) is 0 Å². The van der Waals surface area contributed by atoms with E-state index in [1.165, 1.54) is 6.92 Å². The first kappa shape index (κ1) is 21.0. The average molecular weight is 384 g/mol. The number of esters is 1. The SMILES string of the molecule is CCOc1ccc(C(C)=O)cc1COC(=O)[C@H](Cc1ccccc1)NC(N)=O. The van der Waals surface area contributed by atoms with Crippen LogP contribution < -0.4 is 15.8 Å². The Morgan fingerprint density at radius 3 is 2.43 bits per heavy atom. The molecule has 0 spiro atoms. The van der Waals surface area contributed by atoms with Gasteiger partial charge in [0.1, 0.15) is 18.4 Å². The molecule has 0 aromatic heterocycles. The Morgan fingerprint density at radius 2 is 1.82 bits per heavy atom. The number of benzene rings is 2. The Hall–Kier alpha value is -3.35. The molecule has 0 saturated heterocycles. The van der Waals surface area contributed by atoms with E-state index in [2.05, 4.69) is 5.32 Å². The van der Waals surface area contributed by atoms with E-state index in [4.69, 9.17) is 15.2 Å². The van der Waals surface area contributed by atoms with Crippen LogP contribution in [0.5, 0.6) is 5.75 Å². The summed E-state index contributed by atoms with van der Waals surface area (Å²) in [6.45, 7) is 3.63.